The molecule has 0 aliphatic rings. The summed E-state index contributed by atoms with van der Waals surface area (Å²) in [5.74, 6) is 0.266. The van der Waals surface area contributed by atoms with Crippen molar-refractivity contribution in [2.24, 2.45) is 5.73 Å². The average molecular weight is 224 g/mol. The molecule has 5 heteroatoms. The Balaban J connectivity index is 2.58. The zero-order valence-electron chi connectivity index (χ0n) is 9.47. The maximum atomic E-state index is 11.0. The van der Waals surface area contributed by atoms with E-state index in [1.807, 2.05) is 6.07 Å². The third-order valence-electron chi connectivity index (χ3n) is 2.28. The highest BCUT2D eigenvalue weighted by atomic mass is 16.5. The zero-order valence-corrected chi connectivity index (χ0v) is 9.47. The van der Waals surface area contributed by atoms with Crippen molar-refractivity contribution < 1.29 is 14.3 Å². The SMILES string of the molecule is COC(=O)CCC(N)c1ccnc(OC)c1. The fourth-order valence-electron chi connectivity index (χ4n) is 1.31. The van der Waals surface area contributed by atoms with E-state index in [4.69, 9.17) is 10.5 Å². The van der Waals surface area contributed by atoms with Gasteiger partial charge in [0.25, 0.3) is 0 Å². The summed E-state index contributed by atoms with van der Waals surface area (Å²) >= 11 is 0. The van der Waals surface area contributed by atoms with Crippen LogP contribution in [0.4, 0.5) is 0 Å². The summed E-state index contributed by atoms with van der Waals surface area (Å²) in [5, 5.41) is 0. The van der Waals surface area contributed by atoms with E-state index in [-0.39, 0.29) is 12.0 Å². The largest absolute Gasteiger partial charge is 0.481 e. The second kappa shape index (κ2) is 6.07. The summed E-state index contributed by atoms with van der Waals surface area (Å²) in [6, 6.07) is 3.36. The molecule has 5 nitrogen and oxygen atoms in total. The number of methoxy groups -OCH3 is 2. The van der Waals surface area contributed by atoms with Crippen molar-refractivity contribution >= 4 is 5.97 Å². The van der Waals surface area contributed by atoms with Gasteiger partial charge in [-0.25, -0.2) is 4.98 Å². The number of esters is 1. The molecule has 0 aliphatic carbocycles. The Labute approximate surface area is 94.6 Å². The Morgan fingerprint density at radius 3 is 2.94 bits per heavy atom. The first-order valence-electron chi connectivity index (χ1n) is 4.99. The first-order valence-corrected chi connectivity index (χ1v) is 4.99. The maximum Gasteiger partial charge on any atom is 0.305 e. The smallest absolute Gasteiger partial charge is 0.305 e. The topological polar surface area (TPSA) is 74.4 Å². The van der Waals surface area contributed by atoms with Crippen molar-refractivity contribution in [2.75, 3.05) is 14.2 Å². The average Bonchev–Trinajstić information content (AvgIpc) is 2.35. The van der Waals surface area contributed by atoms with Crippen molar-refractivity contribution in [3.05, 3.63) is 23.9 Å². The van der Waals surface area contributed by atoms with Gasteiger partial charge in [-0.1, -0.05) is 0 Å². The lowest BCUT2D eigenvalue weighted by molar-refractivity contribution is -0.140. The number of hydrogen-bond acceptors (Lipinski definition) is 5. The lowest BCUT2D eigenvalue weighted by Gasteiger charge is -2.11. The third-order valence-corrected chi connectivity index (χ3v) is 2.28. The molecule has 0 radical (unpaired) electrons. The van der Waals surface area contributed by atoms with E-state index in [1.165, 1.54) is 7.11 Å². The van der Waals surface area contributed by atoms with Crippen LogP contribution < -0.4 is 10.5 Å². The summed E-state index contributed by atoms with van der Waals surface area (Å²) < 4.78 is 9.54. The Morgan fingerprint density at radius 2 is 2.31 bits per heavy atom. The van der Waals surface area contributed by atoms with Gasteiger partial charge in [0.2, 0.25) is 5.88 Å². The van der Waals surface area contributed by atoms with Crippen molar-refractivity contribution in [3.63, 3.8) is 0 Å². The number of carbonyl (C=O) groups excluding carboxylic acids is 1. The standard InChI is InChI=1S/C11H16N2O3/c1-15-10-7-8(5-6-13-10)9(12)3-4-11(14)16-2/h5-7,9H,3-4,12H2,1-2H3. The zero-order chi connectivity index (χ0) is 12.0. The second-order valence-corrected chi connectivity index (χ2v) is 3.35. The first kappa shape index (κ1) is 12.4. The number of nitrogens with two attached hydrogens (primary N) is 1. The molecule has 1 atom stereocenters. The molecule has 0 amide bonds. The summed E-state index contributed by atoms with van der Waals surface area (Å²) in [4.78, 5) is 14.9. The number of rotatable bonds is 5. The monoisotopic (exact) mass is 224 g/mol. The van der Waals surface area contributed by atoms with Gasteiger partial charge in [0.05, 0.1) is 14.2 Å². The molecule has 0 saturated heterocycles. The van der Waals surface area contributed by atoms with Crippen LogP contribution in [0.25, 0.3) is 0 Å². The quantitative estimate of drug-likeness (QED) is 0.756. The minimum Gasteiger partial charge on any atom is -0.481 e. The van der Waals surface area contributed by atoms with Crippen molar-refractivity contribution in [2.45, 2.75) is 18.9 Å². The second-order valence-electron chi connectivity index (χ2n) is 3.35. The molecule has 0 aliphatic heterocycles. The number of ether oxygens (including phenoxy) is 2. The van der Waals surface area contributed by atoms with Crippen LogP contribution in [-0.2, 0) is 9.53 Å². The Bertz CT molecular complexity index is 355. The molecule has 0 saturated carbocycles. The van der Waals surface area contributed by atoms with Crippen molar-refractivity contribution in [1.82, 2.24) is 4.98 Å². The molecule has 88 valence electrons. The molecular weight excluding hydrogens is 208 g/mol. The lowest BCUT2D eigenvalue weighted by atomic mass is 10.0. The Morgan fingerprint density at radius 1 is 1.56 bits per heavy atom. The van der Waals surface area contributed by atoms with Gasteiger partial charge in [-0.2, -0.15) is 0 Å². The molecular formula is C11H16N2O3. The van der Waals surface area contributed by atoms with E-state index in [0.717, 1.165) is 5.56 Å². The summed E-state index contributed by atoms with van der Waals surface area (Å²) in [5.41, 5.74) is 6.83. The number of pyridine rings is 1. The van der Waals surface area contributed by atoms with Crippen LogP contribution in [0.1, 0.15) is 24.4 Å². The lowest BCUT2D eigenvalue weighted by Crippen LogP contribution is -2.13. The van der Waals surface area contributed by atoms with E-state index in [1.54, 1.807) is 19.4 Å². The first-order chi connectivity index (χ1) is 7.67. The fourth-order valence-corrected chi connectivity index (χ4v) is 1.31. The minimum absolute atomic E-state index is 0.212. The molecule has 16 heavy (non-hydrogen) atoms. The molecule has 1 aromatic rings. The highest BCUT2D eigenvalue weighted by molar-refractivity contribution is 5.69. The van der Waals surface area contributed by atoms with Crippen LogP contribution in [0.5, 0.6) is 5.88 Å². The summed E-state index contributed by atoms with van der Waals surface area (Å²) in [6.07, 6.45) is 2.48. The Kier molecular flexibility index (Phi) is 4.72. The highest BCUT2D eigenvalue weighted by Gasteiger charge is 2.10. The van der Waals surface area contributed by atoms with Gasteiger partial charge >= 0.3 is 5.97 Å². The molecule has 1 aromatic heterocycles. The highest BCUT2D eigenvalue weighted by Crippen LogP contribution is 2.18. The number of nitrogens with zero attached hydrogens (tertiary/aromatic N) is 1. The Hall–Kier alpha value is -1.62. The van der Waals surface area contributed by atoms with E-state index < -0.39 is 0 Å². The van der Waals surface area contributed by atoms with Crippen LogP contribution in [-0.4, -0.2) is 25.2 Å². The van der Waals surface area contributed by atoms with Crippen LogP contribution in [0.3, 0.4) is 0 Å². The minimum atomic E-state index is -0.253. The van der Waals surface area contributed by atoms with E-state index >= 15 is 0 Å². The molecule has 0 spiro atoms. The predicted molar refractivity (Wildman–Crippen MR) is 59.0 cm³/mol. The number of carbonyl (C=O) groups is 1. The summed E-state index contributed by atoms with van der Waals surface area (Å²) in [7, 11) is 2.91. The maximum absolute atomic E-state index is 11.0. The number of hydrogen-bond donors (Lipinski definition) is 1. The molecule has 1 heterocycles. The van der Waals surface area contributed by atoms with Crippen LogP contribution in [0, 0.1) is 0 Å². The van der Waals surface area contributed by atoms with Crippen molar-refractivity contribution in [3.8, 4) is 5.88 Å². The van der Waals surface area contributed by atoms with E-state index in [9.17, 15) is 4.79 Å². The number of aromatic nitrogens is 1. The van der Waals surface area contributed by atoms with Gasteiger partial charge in [-0.15, -0.1) is 0 Å². The molecule has 1 unspecified atom stereocenters. The van der Waals surface area contributed by atoms with Gasteiger partial charge in [0.1, 0.15) is 0 Å². The van der Waals surface area contributed by atoms with Crippen molar-refractivity contribution in [1.29, 1.82) is 0 Å². The normalized spacial score (nSPS) is 11.9. The van der Waals surface area contributed by atoms with E-state index in [0.29, 0.717) is 18.7 Å². The van der Waals surface area contributed by atoms with Gasteiger partial charge < -0.3 is 15.2 Å². The van der Waals surface area contributed by atoms with Crippen LogP contribution >= 0.6 is 0 Å². The van der Waals surface area contributed by atoms with Gasteiger partial charge in [-0.05, 0) is 18.1 Å². The summed E-state index contributed by atoms with van der Waals surface area (Å²) in [6.45, 7) is 0. The van der Waals surface area contributed by atoms with Gasteiger partial charge in [0.15, 0.2) is 0 Å². The molecule has 2 N–H and O–H groups in total. The van der Waals surface area contributed by atoms with Gasteiger partial charge in [-0.3, -0.25) is 4.79 Å². The van der Waals surface area contributed by atoms with Gasteiger partial charge in [0, 0.05) is 24.7 Å². The molecule has 0 bridgehead atoms. The third kappa shape index (κ3) is 3.51. The molecule has 0 fully saturated rings. The molecule has 0 aromatic carbocycles. The van der Waals surface area contributed by atoms with E-state index in [2.05, 4.69) is 9.72 Å². The van der Waals surface area contributed by atoms with Crippen LogP contribution in [0.2, 0.25) is 0 Å². The fraction of sp³-hybridized carbons (Fsp3) is 0.455. The van der Waals surface area contributed by atoms with Crippen LogP contribution in [0.15, 0.2) is 18.3 Å². The molecule has 1 rings (SSSR count). The predicted octanol–water partition coefficient (Wildman–Crippen LogP) is 1.04.